The van der Waals surface area contributed by atoms with Gasteiger partial charge in [-0.05, 0) is 52.6 Å². The lowest BCUT2D eigenvalue weighted by atomic mass is 9.65. The summed E-state index contributed by atoms with van der Waals surface area (Å²) in [6.45, 7) is 0. The molecule has 3 heterocycles. The van der Waals surface area contributed by atoms with Gasteiger partial charge in [0.1, 0.15) is 11.2 Å². The second-order valence-electron chi connectivity index (χ2n) is 14.4. The molecule has 0 saturated heterocycles. The van der Waals surface area contributed by atoms with Crippen molar-refractivity contribution in [2.45, 2.75) is 5.41 Å². The molecule has 0 atom stereocenters. The van der Waals surface area contributed by atoms with Crippen LogP contribution in [0, 0.1) is 0 Å². The highest BCUT2D eigenvalue weighted by atomic mass is 16.3. The van der Waals surface area contributed by atoms with E-state index < -0.39 is 5.41 Å². The summed E-state index contributed by atoms with van der Waals surface area (Å²) in [6, 6.07) is 72.2. The Kier molecular flexibility index (Phi) is 7.64. The molecule has 11 aromatic rings. The highest BCUT2D eigenvalue weighted by molar-refractivity contribution is 6.12. The van der Waals surface area contributed by atoms with Crippen molar-refractivity contribution in [1.29, 1.82) is 0 Å². The van der Waals surface area contributed by atoms with Crippen LogP contribution in [0.1, 0.15) is 22.3 Å². The fourth-order valence-corrected chi connectivity index (χ4v) is 8.77. The van der Waals surface area contributed by atoms with E-state index in [4.69, 9.17) is 19.4 Å². The Hall–Kier alpha value is -7.63. The van der Waals surface area contributed by atoms with Crippen LogP contribution in [0.15, 0.2) is 211 Å². The van der Waals surface area contributed by atoms with E-state index in [1.807, 2.05) is 30.3 Å². The van der Waals surface area contributed by atoms with Crippen molar-refractivity contribution in [2.75, 3.05) is 0 Å². The molecule has 0 spiro atoms. The maximum Gasteiger partial charge on any atom is 0.238 e. The molecule has 0 aliphatic rings. The van der Waals surface area contributed by atoms with Crippen molar-refractivity contribution in [1.82, 2.24) is 19.5 Å². The number of hydrogen-bond acceptors (Lipinski definition) is 4. The first-order valence-electron chi connectivity index (χ1n) is 19.2. The molecule has 268 valence electrons. The van der Waals surface area contributed by atoms with Gasteiger partial charge in [-0.25, -0.2) is 4.98 Å². The first-order valence-corrected chi connectivity index (χ1v) is 19.2. The van der Waals surface area contributed by atoms with Crippen molar-refractivity contribution in [3.8, 4) is 28.7 Å². The van der Waals surface area contributed by atoms with Gasteiger partial charge in [-0.1, -0.05) is 176 Å². The quantitative estimate of drug-likeness (QED) is 0.153. The van der Waals surface area contributed by atoms with E-state index in [1.165, 1.54) is 16.7 Å². The first kappa shape index (κ1) is 32.8. The van der Waals surface area contributed by atoms with Gasteiger partial charge in [0, 0.05) is 32.7 Å². The van der Waals surface area contributed by atoms with Crippen LogP contribution in [0.3, 0.4) is 0 Å². The minimum absolute atomic E-state index is 0.544. The van der Waals surface area contributed by atoms with Crippen LogP contribution in [-0.2, 0) is 5.41 Å². The molecule has 0 aliphatic carbocycles. The number of nitrogens with zero attached hydrogens (tertiary/aromatic N) is 4. The standard InChI is InChI=1S/C52H34N4O/c1-4-19-36(20-5-1)52(37-21-6-2-7-22-37,38-23-8-3-9-24-38)39-25-16-18-35(34-39)49-53-50(43-29-17-33-47-48(43)42-28-12-15-32-46(42)57-47)55-51(54-49)56-44-30-13-10-26-40(44)41-27-11-14-31-45(41)56/h1-34H. The first-order chi connectivity index (χ1) is 28.3. The molecule has 8 aromatic carbocycles. The molecule has 0 bridgehead atoms. The molecule has 5 nitrogen and oxygen atoms in total. The Morgan fingerprint density at radius 2 is 0.877 bits per heavy atom. The zero-order chi connectivity index (χ0) is 37.8. The third-order valence-electron chi connectivity index (χ3n) is 11.2. The smallest absolute Gasteiger partial charge is 0.238 e. The lowest BCUT2D eigenvalue weighted by Gasteiger charge is -2.37. The predicted octanol–water partition coefficient (Wildman–Crippen LogP) is 12.6. The van der Waals surface area contributed by atoms with Crippen LogP contribution in [0.5, 0.6) is 0 Å². The number of benzene rings is 8. The van der Waals surface area contributed by atoms with E-state index in [1.54, 1.807) is 0 Å². The Labute approximate surface area is 329 Å². The summed E-state index contributed by atoms with van der Waals surface area (Å²) in [5.41, 5.74) is 9.40. The van der Waals surface area contributed by atoms with Gasteiger partial charge in [0.05, 0.1) is 16.4 Å². The van der Waals surface area contributed by atoms with E-state index in [2.05, 4.69) is 180 Å². The van der Waals surface area contributed by atoms with Gasteiger partial charge >= 0.3 is 0 Å². The van der Waals surface area contributed by atoms with E-state index in [0.717, 1.165) is 60.4 Å². The fourth-order valence-electron chi connectivity index (χ4n) is 8.77. The van der Waals surface area contributed by atoms with E-state index >= 15 is 0 Å². The zero-order valence-electron chi connectivity index (χ0n) is 30.8. The molecular weight excluding hydrogens is 697 g/mol. The van der Waals surface area contributed by atoms with Crippen LogP contribution < -0.4 is 0 Å². The number of rotatable bonds is 7. The third-order valence-corrected chi connectivity index (χ3v) is 11.2. The lowest BCUT2D eigenvalue weighted by Crippen LogP contribution is -2.31. The minimum atomic E-state index is -0.632. The van der Waals surface area contributed by atoms with Gasteiger partial charge in [-0.15, -0.1) is 0 Å². The van der Waals surface area contributed by atoms with E-state index in [-0.39, 0.29) is 0 Å². The monoisotopic (exact) mass is 730 g/mol. The molecule has 5 heteroatoms. The zero-order valence-corrected chi connectivity index (χ0v) is 30.8. The predicted molar refractivity (Wildman–Crippen MR) is 231 cm³/mol. The summed E-state index contributed by atoms with van der Waals surface area (Å²) in [5, 5.41) is 4.27. The summed E-state index contributed by atoms with van der Waals surface area (Å²) in [4.78, 5) is 16.0. The molecule has 0 aliphatic heterocycles. The number of furan rings is 1. The maximum atomic E-state index is 6.35. The highest BCUT2D eigenvalue weighted by Crippen LogP contribution is 2.46. The van der Waals surface area contributed by atoms with Gasteiger partial charge in [0.15, 0.2) is 11.6 Å². The number of fused-ring (bicyclic) bond motifs is 6. The summed E-state index contributed by atoms with van der Waals surface area (Å²) in [5.74, 6) is 1.69. The van der Waals surface area contributed by atoms with Crippen molar-refractivity contribution in [3.63, 3.8) is 0 Å². The second kappa shape index (κ2) is 13.3. The Morgan fingerprint density at radius 3 is 1.51 bits per heavy atom. The van der Waals surface area contributed by atoms with Crippen LogP contribution >= 0.6 is 0 Å². The van der Waals surface area contributed by atoms with E-state index in [0.29, 0.717) is 17.6 Å². The number of aromatic nitrogens is 4. The Balaban J connectivity index is 1.21. The van der Waals surface area contributed by atoms with Gasteiger partial charge in [0.25, 0.3) is 0 Å². The maximum absolute atomic E-state index is 6.35. The van der Waals surface area contributed by atoms with E-state index in [9.17, 15) is 0 Å². The second-order valence-corrected chi connectivity index (χ2v) is 14.4. The molecule has 0 fully saturated rings. The molecule has 11 rings (SSSR count). The van der Waals surface area contributed by atoms with Crippen LogP contribution in [0.2, 0.25) is 0 Å². The number of hydrogen-bond donors (Lipinski definition) is 0. The van der Waals surface area contributed by atoms with Crippen LogP contribution in [-0.4, -0.2) is 19.5 Å². The van der Waals surface area contributed by atoms with Crippen molar-refractivity contribution < 1.29 is 4.42 Å². The third kappa shape index (κ3) is 5.20. The van der Waals surface area contributed by atoms with Gasteiger partial charge < -0.3 is 4.42 Å². The van der Waals surface area contributed by atoms with Crippen LogP contribution in [0.4, 0.5) is 0 Å². The molecule has 0 N–H and O–H groups in total. The fraction of sp³-hybridized carbons (Fsp3) is 0.0192. The van der Waals surface area contributed by atoms with Crippen molar-refractivity contribution in [2.24, 2.45) is 0 Å². The van der Waals surface area contributed by atoms with Gasteiger partial charge in [-0.2, -0.15) is 9.97 Å². The molecule has 0 amide bonds. The average Bonchev–Trinajstić information content (AvgIpc) is 3.84. The number of para-hydroxylation sites is 3. The largest absolute Gasteiger partial charge is 0.456 e. The Morgan fingerprint density at radius 1 is 0.386 bits per heavy atom. The van der Waals surface area contributed by atoms with Gasteiger partial charge in [-0.3, -0.25) is 4.57 Å². The lowest BCUT2D eigenvalue weighted by molar-refractivity contribution is 0.669. The average molecular weight is 731 g/mol. The van der Waals surface area contributed by atoms with Crippen molar-refractivity contribution in [3.05, 3.63) is 229 Å². The normalized spacial score (nSPS) is 11.9. The summed E-state index contributed by atoms with van der Waals surface area (Å²) < 4.78 is 8.52. The highest BCUT2D eigenvalue weighted by Gasteiger charge is 2.38. The summed E-state index contributed by atoms with van der Waals surface area (Å²) in [6.07, 6.45) is 0. The van der Waals surface area contributed by atoms with Gasteiger partial charge in [0.2, 0.25) is 5.95 Å². The molecule has 0 saturated carbocycles. The molecule has 3 aromatic heterocycles. The molecule has 0 radical (unpaired) electrons. The Bertz CT molecular complexity index is 3090. The van der Waals surface area contributed by atoms with Crippen LogP contribution in [0.25, 0.3) is 72.5 Å². The molecular formula is C52H34N4O. The molecule has 0 unspecified atom stereocenters. The summed E-state index contributed by atoms with van der Waals surface area (Å²) in [7, 11) is 0. The topological polar surface area (TPSA) is 56.7 Å². The SMILES string of the molecule is c1ccc(C(c2ccccc2)(c2ccccc2)c2cccc(-c3nc(-c4cccc5oc6ccccc6c45)nc(-n4c5ccccc5c5ccccc54)n3)c2)cc1. The summed E-state index contributed by atoms with van der Waals surface area (Å²) >= 11 is 0. The molecule has 57 heavy (non-hydrogen) atoms. The van der Waals surface area contributed by atoms with Crippen molar-refractivity contribution >= 4 is 43.7 Å². The minimum Gasteiger partial charge on any atom is -0.456 e.